The third-order valence-electron chi connectivity index (χ3n) is 4.02. The van der Waals surface area contributed by atoms with Crippen molar-refractivity contribution < 1.29 is 9.18 Å². The molecular formula is C18H18FN3OS2. The lowest BCUT2D eigenvalue weighted by molar-refractivity contribution is -0.119. The van der Waals surface area contributed by atoms with Crippen LogP contribution in [0, 0.1) is 19.7 Å². The van der Waals surface area contributed by atoms with Crippen molar-refractivity contribution in [3.05, 3.63) is 52.4 Å². The molecule has 4 nitrogen and oxygen atoms in total. The number of fused-ring (bicyclic) bond motifs is 1. The molecular weight excluding hydrogens is 357 g/mol. The van der Waals surface area contributed by atoms with Crippen LogP contribution in [0.3, 0.4) is 0 Å². The maximum atomic E-state index is 13.0. The van der Waals surface area contributed by atoms with Gasteiger partial charge in [0.25, 0.3) is 0 Å². The first-order valence-electron chi connectivity index (χ1n) is 7.84. The van der Waals surface area contributed by atoms with E-state index in [1.807, 2.05) is 6.92 Å². The molecule has 3 aromatic rings. The summed E-state index contributed by atoms with van der Waals surface area (Å²) in [6, 6.07) is 5.97. The number of aromatic nitrogens is 2. The number of thiophene rings is 1. The minimum absolute atomic E-state index is 0.0850. The van der Waals surface area contributed by atoms with Crippen LogP contribution in [-0.2, 0) is 4.79 Å². The van der Waals surface area contributed by atoms with Crippen molar-refractivity contribution in [1.82, 2.24) is 15.3 Å². The molecule has 0 fully saturated rings. The molecule has 130 valence electrons. The quantitative estimate of drug-likeness (QED) is 0.530. The SMILES string of the molecule is Cc1sc2ncnc(SCC(=O)N[C@@H](C)c3ccc(F)cc3)c2c1C. The number of aryl methyl sites for hydroxylation is 2. The van der Waals surface area contributed by atoms with E-state index < -0.39 is 0 Å². The van der Waals surface area contributed by atoms with Gasteiger partial charge >= 0.3 is 0 Å². The monoisotopic (exact) mass is 375 g/mol. The number of benzene rings is 1. The molecule has 25 heavy (non-hydrogen) atoms. The van der Waals surface area contributed by atoms with Crippen molar-refractivity contribution in [3.8, 4) is 0 Å². The largest absolute Gasteiger partial charge is 0.349 e. The van der Waals surface area contributed by atoms with Crippen molar-refractivity contribution in [3.63, 3.8) is 0 Å². The highest BCUT2D eigenvalue weighted by Gasteiger charge is 2.15. The summed E-state index contributed by atoms with van der Waals surface area (Å²) in [6.07, 6.45) is 1.54. The molecule has 0 aliphatic rings. The molecule has 0 saturated heterocycles. The molecule has 0 saturated carbocycles. The summed E-state index contributed by atoms with van der Waals surface area (Å²) in [4.78, 5) is 23.1. The topological polar surface area (TPSA) is 54.9 Å². The van der Waals surface area contributed by atoms with Crippen molar-refractivity contribution in [2.24, 2.45) is 0 Å². The van der Waals surface area contributed by atoms with Gasteiger partial charge in [0.15, 0.2) is 0 Å². The smallest absolute Gasteiger partial charge is 0.230 e. The van der Waals surface area contributed by atoms with Crippen molar-refractivity contribution in [1.29, 1.82) is 0 Å². The van der Waals surface area contributed by atoms with Gasteiger partial charge in [-0.25, -0.2) is 14.4 Å². The Morgan fingerprint density at radius 2 is 2.00 bits per heavy atom. The molecule has 1 N–H and O–H groups in total. The highest BCUT2D eigenvalue weighted by Crippen LogP contribution is 2.34. The van der Waals surface area contributed by atoms with E-state index >= 15 is 0 Å². The average molecular weight is 375 g/mol. The van der Waals surface area contributed by atoms with Gasteiger partial charge in [-0.05, 0) is 44.0 Å². The molecule has 2 heterocycles. The predicted octanol–water partition coefficient (Wildman–Crippen LogP) is 4.42. The normalized spacial score (nSPS) is 12.3. The number of nitrogens with one attached hydrogen (secondary N) is 1. The number of rotatable bonds is 5. The molecule has 0 bridgehead atoms. The molecule has 1 amide bonds. The second-order valence-corrected chi connectivity index (χ2v) is 7.94. The van der Waals surface area contributed by atoms with Crippen LogP contribution in [0.1, 0.15) is 29.0 Å². The van der Waals surface area contributed by atoms with Crippen LogP contribution < -0.4 is 5.32 Å². The van der Waals surface area contributed by atoms with Crippen molar-refractivity contribution in [2.45, 2.75) is 31.8 Å². The summed E-state index contributed by atoms with van der Waals surface area (Å²) in [7, 11) is 0. The van der Waals surface area contributed by atoms with Crippen LogP contribution in [0.15, 0.2) is 35.6 Å². The highest BCUT2D eigenvalue weighted by molar-refractivity contribution is 8.00. The van der Waals surface area contributed by atoms with E-state index in [0.717, 1.165) is 20.8 Å². The lowest BCUT2D eigenvalue weighted by Gasteiger charge is -2.14. The van der Waals surface area contributed by atoms with Crippen LogP contribution in [0.5, 0.6) is 0 Å². The minimum Gasteiger partial charge on any atom is -0.349 e. The summed E-state index contributed by atoms with van der Waals surface area (Å²) in [5.41, 5.74) is 2.04. The third-order valence-corrected chi connectivity index (χ3v) is 6.12. The van der Waals surface area contributed by atoms with Crippen LogP contribution in [0.2, 0.25) is 0 Å². The lowest BCUT2D eigenvalue weighted by Crippen LogP contribution is -2.28. The molecule has 0 unspecified atom stereocenters. The number of hydrogen-bond donors (Lipinski definition) is 1. The Kier molecular flexibility index (Phi) is 5.34. The average Bonchev–Trinajstić information content (AvgIpc) is 2.88. The molecule has 1 aromatic carbocycles. The van der Waals surface area contributed by atoms with E-state index in [1.165, 1.54) is 34.3 Å². The predicted molar refractivity (Wildman–Crippen MR) is 101 cm³/mol. The lowest BCUT2D eigenvalue weighted by atomic mass is 10.1. The highest BCUT2D eigenvalue weighted by atomic mass is 32.2. The number of amides is 1. The van der Waals surface area contributed by atoms with Gasteiger partial charge in [-0.2, -0.15) is 0 Å². The maximum Gasteiger partial charge on any atom is 0.230 e. The molecule has 7 heteroatoms. The van der Waals surface area contributed by atoms with Gasteiger partial charge in [0.05, 0.1) is 11.8 Å². The fourth-order valence-electron chi connectivity index (χ4n) is 2.51. The number of carbonyl (C=O) groups is 1. The van der Waals surface area contributed by atoms with Gasteiger partial charge in [0.2, 0.25) is 5.91 Å². The maximum absolute atomic E-state index is 13.0. The van der Waals surface area contributed by atoms with E-state index in [0.29, 0.717) is 0 Å². The number of thioether (sulfide) groups is 1. The van der Waals surface area contributed by atoms with Gasteiger partial charge in [-0.3, -0.25) is 4.79 Å². The Morgan fingerprint density at radius 1 is 1.28 bits per heavy atom. The van der Waals surface area contributed by atoms with Gasteiger partial charge in [0, 0.05) is 10.3 Å². The molecule has 0 aliphatic heterocycles. The molecule has 0 aliphatic carbocycles. The Balaban J connectivity index is 1.65. The molecule has 1 atom stereocenters. The van der Waals surface area contributed by atoms with Crippen LogP contribution in [0.4, 0.5) is 4.39 Å². The van der Waals surface area contributed by atoms with Crippen LogP contribution >= 0.6 is 23.1 Å². The number of hydrogen-bond acceptors (Lipinski definition) is 5. The molecule has 0 radical (unpaired) electrons. The van der Waals surface area contributed by atoms with Gasteiger partial charge in [0.1, 0.15) is 22.0 Å². The zero-order valence-electron chi connectivity index (χ0n) is 14.2. The molecule has 0 spiro atoms. The summed E-state index contributed by atoms with van der Waals surface area (Å²) < 4.78 is 13.0. The Labute approximate surface area is 153 Å². The summed E-state index contributed by atoms with van der Waals surface area (Å²) in [6.45, 7) is 6.00. The van der Waals surface area contributed by atoms with Gasteiger partial charge in [-0.15, -0.1) is 11.3 Å². The standard InChI is InChI=1S/C18H18FN3OS2/c1-10-12(3)25-18-16(10)17(20-9-21-18)24-8-15(23)22-11(2)13-4-6-14(19)7-5-13/h4-7,9,11H,8H2,1-3H3,(H,22,23)/t11-/m0/s1. The Bertz CT molecular complexity index is 909. The number of carbonyl (C=O) groups excluding carboxylic acids is 1. The first-order valence-corrected chi connectivity index (χ1v) is 9.64. The van der Waals surface area contributed by atoms with Crippen LogP contribution in [-0.4, -0.2) is 21.6 Å². The molecule has 3 rings (SSSR count). The van der Waals surface area contributed by atoms with E-state index in [1.54, 1.807) is 29.8 Å². The summed E-state index contributed by atoms with van der Waals surface area (Å²) >= 11 is 3.05. The third kappa shape index (κ3) is 3.99. The Hall–Kier alpha value is -1.99. The van der Waals surface area contributed by atoms with E-state index in [4.69, 9.17) is 0 Å². The molecule has 2 aromatic heterocycles. The van der Waals surface area contributed by atoms with E-state index in [2.05, 4.69) is 29.1 Å². The first-order chi connectivity index (χ1) is 12.0. The fraction of sp³-hybridized carbons (Fsp3) is 0.278. The first kappa shape index (κ1) is 17.8. The second kappa shape index (κ2) is 7.49. The summed E-state index contributed by atoms with van der Waals surface area (Å²) in [5.74, 6) is -0.100. The zero-order valence-corrected chi connectivity index (χ0v) is 15.8. The van der Waals surface area contributed by atoms with Crippen LogP contribution in [0.25, 0.3) is 10.2 Å². The van der Waals surface area contributed by atoms with Crippen molar-refractivity contribution in [2.75, 3.05) is 5.75 Å². The minimum atomic E-state index is -0.285. The van der Waals surface area contributed by atoms with E-state index in [-0.39, 0.29) is 23.5 Å². The summed E-state index contributed by atoms with van der Waals surface area (Å²) in [5, 5.41) is 4.80. The number of nitrogens with zero attached hydrogens (tertiary/aromatic N) is 2. The Morgan fingerprint density at radius 3 is 2.72 bits per heavy atom. The zero-order chi connectivity index (χ0) is 18.0. The van der Waals surface area contributed by atoms with Gasteiger partial charge < -0.3 is 5.32 Å². The van der Waals surface area contributed by atoms with E-state index in [9.17, 15) is 9.18 Å². The second-order valence-electron chi connectivity index (χ2n) is 5.77. The van der Waals surface area contributed by atoms with Gasteiger partial charge in [-0.1, -0.05) is 23.9 Å². The number of halogens is 1. The fourth-order valence-corrected chi connectivity index (χ4v) is 4.44. The van der Waals surface area contributed by atoms with Crippen molar-refractivity contribution >= 4 is 39.2 Å².